The molecule has 0 unspecified atom stereocenters. The summed E-state index contributed by atoms with van der Waals surface area (Å²) in [5.74, 6) is 0. The number of rotatable bonds is 3. The maximum absolute atomic E-state index is 2.42. The topological polar surface area (TPSA) is 3.24 Å². The molecule has 0 aromatic heterocycles. The average molecular weight is 492 g/mol. The Balaban J connectivity index is 1.43. The fraction of sp³-hybridized carbons (Fsp3) is 0.189. The van der Waals surface area contributed by atoms with Crippen molar-refractivity contribution in [2.24, 2.45) is 0 Å². The lowest BCUT2D eigenvalue weighted by Gasteiger charge is -2.29. The molecule has 5 aromatic rings. The van der Waals surface area contributed by atoms with E-state index in [1.54, 1.807) is 0 Å². The van der Waals surface area contributed by atoms with Gasteiger partial charge in [-0.1, -0.05) is 106 Å². The molecule has 2 aliphatic rings. The zero-order chi connectivity index (χ0) is 26.2. The van der Waals surface area contributed by atoms with Gasteiger partial charge in [0, 0.05) is 27.9 Å². The van der Waals surface area contributed by atoms with Gasteiger partial charge in [-0.05, 0) is 87.8 Å². The van der Waals surface area contributed by atoms with E-state index in [1.165, 1.54) is 67.1 Å². The maximum Gasteiger partial charge on any atom is 0.0468 e. The number of aryl methyl sites for hydroxylation is 1. The molecule has 0 radical (unpaired) electrons. The molecule has 0 N–H and O–H groups in total. The molecule has 0 atom stereocenters. The highest BCUT2D eigenvalue weighted by molar-refractivity contribution is 5.88. The highest BCUT2D eigenvalue weighted by atomic mass is 15.1. The second-order valence-electron chi connectivity index (χ2n) is 12.0. The first-order chi connectivity index (χ1) is 18.3. The van der Waals surface area contributed by atoms with Crippen LogP contribution in [0.15, 0.2) is 109 Å². The van der Waals surface area contributed by atoms with Gasteiger partial charge in [-0.3, -0.25) is 0 Å². The number of nitrogens with zero attached hydrogens (tertiary/aromatic N) is 1. The van der Waals surface area contributed by atoms with E-state index in [4.69, 9.17) is 0 Å². The highest BCUT2D eigenvalue weighted by Gasteiger charge is 2.37. The quantitative estimate of drug-likeness (QED) is 0.243. The second-order valence-corrected chi connectivity index (χ2v) is 12.0. The van der Waals surface area contributed by atoms with Gasteiger partial charge >= 0.3 is 0 Å². The van der Waals surface area contributed by atoms with Crippen LogP contribution in [0.3, 0.4) is 0 Å². The van der Waals surface area contributed by atoms with Crippen LogP contribution in [0.25, 0.3) is 22.3 Å². The van der Waals surface area contributed by atoms with Crippen molar-refractivity contribution in [3.05, 3.63) is 137 Å². The molecular formula is C37H33N. The summed E-state index contributed by atoms with van der Waals surface area (Å²) in [6, 6.07) is 40.7. The van der Waals surface area contributed by atoms with Gasteiger partial charge < -0.3 is 4.90 Å². The van der Waals surface area contributed by atoms with Gasteiger partial charge in [-0.25, -0.2) is 0 Å². The molecule has 5 aromatic carbocycles. The Morgan fingerprint density at radius 2 is 0.895 bits per heavy atom. The molecule has 0 bridgehead atoms. The van der Waals surface area contributed by atoms with Gasteiger partial charge in [-0.15, -0.1) is 0 Å². The van der Waals surface area contributed by atoms with E-state index < -0.39 is 0 Å². The fourth-order valence-corrected chi connectivity index (χ4v) is 6.82. The summed E-state index contributed by atoms with van der Waals surface area (Å²) >= 11 is 0. The normalized spacial score (nSPS) is 15.4. The Labute approximate surface area is 226 Å². The summed E-state index contributed by atoms with van der Waals surface area (Å²) in [6.07, 6.45) is 0. The zero-order valence-electron chi connectivity index (χ0n) is 22.8. The van der Waals surface area contributed by atoms with Crippen LogP contribution in [0.4, 0.5) is 17.1 Å². The Kier molecular flexibility index (Phi) is 4.82. The summed E-state index contributed by atoms with van der Waals surface area (Å²) in [4.78, 5) is 2.42. The minimum atomic E-state index is -0.0399. The fourth-order valence-electron chi connectivity index (χ4n) is 6.82. The van der Waals surface area contributed by atoms with Crippen LogP contribution >= 0.6 is 0 Å². The summed E-state index contributed by atoms with van der Waals surface area (Å²) in [7, 11) is 0. The Morgan fingerprint density at radius 1 is 0.421 bits per heavy atom. The van der Waals surface area contributed by atoms with Crippen LogP contribution < -0.4 is 4.90 Å². The van der Waals surface area contributed by atoms with Gasteiger partial charge in [0.1, 0.15) is 0 Å². The molecule has 38 heavy (non-hydrogen) atoms. The first-order valence-corrected chi connectivity index (χ1v) is 13.6. The first-order valence-electron chi connectivity index (χ1n) is 13.6. The SMILES string of the molecule is Cc1ccc(N(c2ccc3c(c2)-c2ccccc2C3(C)C)c2ccc3c(c2)C(C)(C)c2ccccc2-3)cc1. The predicted molar refractivity (Wildman–Crippen MR) is 161 cm³/mol. The van der Waals surface area contributed by atoms with Gasteiger partial charge in [0.2, 0.25) is 0 Å². The average Bonchev–Trinajstić information content (AvgIpc) is 3.30. The van der Waals surface area contributed by atoms with E-state index in [-0.39, 0.29) is 10.8 Å². The summed E-state index contributed by atoms with van der Waals surface area (Å²) in [5.41, 5.74) is 15.8. The summed E-state index contributed by atoms with van der Waals surface area (Å²) < 4.78 is 0. The van der Waals surface area contributed by atoms with Crippen molar-refractivity contribution < 1.29 is 0 Å². The lowest BCUT2D eigenvalue weighted by molar-refractivity contribution is 0.660. The summed E-state index contributed by atoms with van der Waals surface area (Å²) in [5, 5.41) is 0. The van der Waals surface area contributed by atoms with E-state index >= 15 is 0 Å². The molecule has 0 fully saturated rings. The van der Waals surface area contributed by atoms with Crippen molar-refractivity contribution in [2.75, 3.05) is 4.90 Å². The smallest absolute Gasteiger partial charge is 0.0468 e. The molecule has 186 valence electrons. The van der Waals surface area contributed by atoms with E-state index in [1.807, 2.05) is 0 Å². The van der Waals surface area contributed by atoms with E-state index in [2.05, 4.69) is 149 Å². The number of hydrogen-bond donors (Lipinski definition) is 0. The number of fused-ring (bicyclic) bond motifs is 6. The van der Waals surface area contributed by atoms with Crippen molar-refractivity contribution in [1.29, 1.82) is 0 Å². The van der Waals surface area contributed by atoms with Crippen molar-refractivity contribution in [3.63, 3.8) is 0 Å². The monoisotopic (exact) mass is 491 g/mol. The number of hydrogen-bond acceptors (Lipinski definition) is 1. The van der Waals surface area contributed by atoms with Gasteiger partial charge in [0.05, 0.1) is 0 Å². The van der Waals surface area contributed by atoms with Crippen LogP contribution in [0.1, 0.15) is 55.5 Å². The van der Waals surface area contributed by atoms with E-state index in [0.717, 1.165) is 0 Å². The molecule has 1 nitrogen and oxygen atoms in total. The van der Waals surface area contributed by atoms with Crippen LogP contribution in [0.5, 0.6) is 0 Å². The van der Waals surface area contributed by atoms with Crippen molar-refractivity contribution in [3.8, 4) is 22.3 Å². The Hall–Kier alpha value is -4.10. The molecule has 0 aliphatic heterocycles. The zero-order valence-corrected chi connectivity index (χ0v) is 22.8. The van der Waals surface area contributed by atoms with Gasteiger partial charge in [-0.2, -0.15) is 0 Å². The predicted octanol–water partition coefficient (Wildman–Crippen LogP) is 10.1. The number of anilines is 3. The molecule has 1 heteroatoms. The lowest BCUT2D eigenvalue weighted by atomic mass is 9.82. The minimum Gasteiger partial charge on any atom is -0.310 e. The molecule has 7 rings (SSSR count). The Bertz CT molecular complexity index is 1720. The van der Waals surface area contributed by atoms with Gasteiger partial charge in [0.15, 0.2) is 0 Å². The molecule has 2 aliphatic carbocycles. The third kappa shape index (κ3) is 3.18. The van der Waals surface area contributed by atoms with Crippen molar-refractivity contribution >= 4 is 17.1 Å². The lowest BCUT2D eigenvalue weighted by Crippen LogP contribution is -2.17. The van der Waals surface area contributed by atoms with Gasteiger partial charge in [0.25, 0.3) is 0 Å². The number of benzene rings is 5. The second kappa shape index (κ2) is 7.95. The molecule has 0 heterocycles. The Morgan fingerprint density at radius 3 is 1.58 bits per heavy atom. The maximum atomic E-state index is 2.42. The summed E-state index contributed by atoms with van der Waals surface area (Å²) in [6.45, 7) is 11.5. The van der Waals surface area contributed by atoms with Crippen LogP contribution in [-0.4, -0.2) is 0 Å². The largest absolute Gasteiger partial charge is 0.310 e. The van der Waals surface area contributed by atoms with Crippen LogP contribution in [0.2, 0.25) is 0 Å². The van der Waals surface area contributed by atoms with Crippen LogP contribution in [0, 0.1) is 6.92 Å². The van der Waals surface area contributed by atoms with E-state index in [0.29, 0.717) is 0 Å². The van der Waals surface area contributed by atoms with Crippen molar-refractivity contribution in [1.82, 2.24) is 0 Å². The molecule has 0 spiro atoms. The van der Waals surface area contributed by atoms with E-state index in [9.17, 15) is 0 Å². The molecular weight excluding hydrogens is 458 g/mol. The molecule has 0 amide bonds. The highest BCUT2D eigenvalue weighted by Crippen LogP contribution is 2.52. The minimum absolute atomic E-state index is 0.00250. The molecule has 0 saturated heterocycles. The molecule has 0 saturated carbocycles. The van der Waals surface area contributed by atoms with Crippen LogP contribution in [-0.2, 0) is 10.8 Å². The third-order valence-electron chi connectivity index (χ3n) is 8.94. The first kappa shape index (κ1) is 23.0. The van der Waals surface area contributed by atoms with Crippen molar-refractivity contribution in [2.45, 2.75) is 45.4 Å². The third-order valence-corrected chi connectivity index (χ3v) is 8.94. The standard InChI is InChI=1S/C37H33N/c1-24-14-16-25(17-15-24)38(26-19-21-34-31(22-26)29-11-7-9-13-33(29)36(34,2)3)27-18-20-30-28-10-6-8-12-32(28)37(4,5)35(30)23-27/h6-23H,1-5H3.